The average Bonchev–Trinajstić information content (AvgIpc) is 2.61. The first kappa shape index (κ1) is 18.9. The van der Waals surface area contributed by atoms with Crippen molar-refractivity contribution >= 4 is 45.1 Å². The van der Waals surface area contributed by atoms with Crippen LogP contribution >= 0.6 is 28.1 Å². The van der Waals surface area contributed by atoms with Crippen molar-refractivity contribution in [3.8, 4) is 5.75 Å². The maximum atomic E-state index is 12.3. The highest BCUT2D eigenvalue weighted by molar-refractivity contribution is 9.10. The van der Waals surface area contributed by atoms with E-state index in [0.717, 1.165) is 0 Å². The van der Waals surface area contributed by atoms with Gasteiger partial charge in [-0.05, 0) is 59.3 Å². The van der Waals surface area contributed by atoms with Gasteiger partial charge in [-0.15, -0.1) is 0 Å². The second kappa shape index (κ2) is 9.14. The molecule has 2 amide bonds. The Morgan fingerprint density at radius 3 is 2.32 bits per heavy atom. The van der Waals surface area contributed by atoms with E-state index >= 15 is 0 Å². The molecule has 0 aliphatic carbocycles. The molecule has 0 atom stereocenters. The number of carbonyl (C=O) groups is 2. The summed E-state index contributed by atoms with van der Waals surface area (Å²) in [6.07, 6.45) is 0. The first-order valence-corrected chi connectivity index (χ1v) is 8.61. The summed E-state index contributed by atoms with van der Waals surface area (Å²) in [6, 6.07) is 13.8. The number of carbonyl (C=O) groups excluding carboxylic acids is 2. The topological polar surface area (TPSA) is 79.5 Å². The highest BCUT2D eigenvalue weighted by Gasteiger charge is 2.14. The van der Waals surface area contributed by atoms with E-state index in [0.29, 0.717) is 28.0 Å². The number of hydrogen-bond acceptors (Lipinski definition) is 4. The summed E-state index contributed by atoms with van der Waals surface area (Å²) in [5.41, 5.74) is 5.72. The fraction of sp³-hybridized carbons (Fsp3) is 0.118. The van der Waals surface area contributed by atoms with Crippen molar-refractivity contribution < 1.29 is 14.3 Å². The van der Waals surface area contributed by atoms with Gasteiger partial charge in [0, 0.05) is 4.47 Å². The number of nitrogens with one attached hydrogen (secondary N) is 3. The molecule has 0 unspecified atom stereocenters. The number of ether oxygens (including phenoxy) is 1. The third kappa shape index (κ3) is 5.27. The quantitative estimate of drug-likeness (QED) is 0.522. The molecular weight excluding hydrogens is 406 g/mol. The molecule has 2 aromatic carbocycles. The van der Waals surface area contributed by atoms with Crippen LogP contribution < -0.4 is 20.9 Å². The minimum atomic E-state index is -0.434. The molecule has 0 bridgehead atoms. The van der Waals surface area contributed by atoms with Crippen molar-refractivity contribution in [2.24, 2.45) is 0 Å². The minimum absolute atomic E-state index is 0.0308. The van der Waals surface area contributed by atoms with Crippen LogP contribution in [0.25, 0.3) is 0 Å². The molecule has 0 saturated heterocycles. The zero-order valence-corrected chi connectivity index (χ0v) is 15.7. The molecule has 2 aromatic rings. The highest BCUT2D eigenvalue weighted by atomic mass is 79.9. The van der Waals surface area contributed by atoms with Crippen LogP contribution in [0.2, 0.25) is 0 Å². The molecule has 0 fully saturated rings. The van der Waals surface area contributed by atoms with Gasteiger partial charge in [-0.1, -0.05) is 24.3 Å². The number of thiocarbonyl (C=S) groups is 1. The van der Waals surface area contributed by atoms with Crippen molar-refractivity contribution in [2.45, 2.75) is 6.92 Å². The molecule has 6 nitrogen and oxygen atoms in total. The summed E-state index contributed by atoms with van der Waals surface area (Å²) in [5, 5.41) is 2.46. The van der Waals surface area contributed by atoms with Crippen molar-refractivity contribution in [3.63, 3.8) is 0 Å². The number of halogens is 1. The molecule has 0 heterocycles. The molecule has 0 aliphatic rings. The SMILES string of the molecule is CCOc1ccccc1C(=O)NC(=S)NNC(=O)c1ccccc1Br. The summed E-state index contributed by atoms with van der Waals surface area (Å²) in [7, 11) is 0. The fourth-order valence-corrected chi connectivity index (χ4v) is 2.57. The fourth-order valence-electron chi connectivity index (χ4n) is 1.96. The molecule has 8 heteroatoms. The van der Waals surface area contributed by atoms with Gasteiger partial charge < -0.3 is 4.74 Å². The van der Waals surface area contributed by atoms with Gasteiger partial charge in [0.05, 0.1) is 17.7 Å². The van der Waals surface area contributed by atoms with Crippen molar-refractivity contribution in [3.05, 3.63) is 64.1 Å². The lowest BCUT2D eigenvalue weighted by Gasteiger charge is -2.13. The Morgan fingerprint density at radius 2 is 1.64 bits per heavy atom. The molecule has 0 saturated carbocycles. The standard InChI is InChI=1S/C17H16BrN3O3S/c1-2-24-14-10-6-4-8-12(14)15(22)19-17(25)21-20-16(23)11-7-3-5-9-13(11)18/h3-10H,2H2,1H3,(H,20,23)(H2,19,21,22,25). The van der Waals surface area contributed by atoms with Gasteiger partial charge >= 0.3 is 0 Å². The van der Waals surface area contributed by atoms with Gasteiger partial charge in [0.25, 0.3) is 11.8 Å². The molecule has 0 radical (unpaired) electrons. The predicted octanol–water partition coefficient (Wildman–Crippen LogP) is 2.80. The number of benzene rings is 2. The van der Waals surface area contributed by atoms with Gasteiger partial charge in [-0.25, -0.2) is 0 Å². The van der Waals surface area contributed by atoms with Crippen molar-refractivity contribution in [1.29, 1.82) is 0 Å². The van der Waals surface area contributed by atoms with Crippen LogP contribution in [0.1, 0.15) is 27.6 Å². The van der Waals surface area contributed by atoms with Gasteiger partial charge in [-0.2, -0.15) is 0 Å². The van der Waals surface area contributed by atoms with Crippen molar-refractivity contribution in [2.75, 3.05) is 6.61 Å². The Bertz CT molecular complexity index is 798. The van der Waals surface area contributed by atoms with Gasteiger partial charge in [-0.3, -0.25) is 25.8 Å². The maximum Gasteiger partial charge on any atom is 0.270 e. The Balaban J connectivity index is 1.93. The Morgan fingerprint density at radius 1 is 1.00 bits per heavy atom. The number of hydrazine groups is 1. The number of rotatable bonds is 4. The summed E-state index contributed by atoms with van der Waals surface area (Å²) in [5.74, 6) is -0.363. The van der Waals surface area contributed by atoms with Crippen LogP contribution in [0.3, 0.4) is 0 Å². The van der Waals surface area contributed by atoms with E-state index < -0.39 is 11.8 Å². The highest BCUT2D eigenvalue weighted by Crippen LogP contribution is 2.17. The zero-order valence-electron chi connectivity index (χ0n) is 13.3. The maximum absolute atomic E-state index is 12.3. The van der Waals surface area contributed by atoms with E-state index in [4.69, 9.17) is 17.0 Å². The van der Waals surface area contributed by atoms with Crippen LogP contribution in [-0.4, -0.2) is 23.5 Å². The molecule has 0 spiro atoms. The molecule has 130 valence electrons. The first-order valence-electron chi connectivity index (χ1n) is 7.41. The summed E-state index contributed by atoms with van der Waals surface area (Å²) < 4.78 is 6.06. The number of amides is 2. The van der Waals surface area contributed by atoms with E-state index in [2.05, 4.69) is 32.1 Å². The monoisotopic (exact) mass is 421 g/mol. The van der Waals surface area contributed by atoms with E-state index in [-0.39, 0.29) is 5.11 Å². The lowest BCUT2D eigenvalue weighted by molar-refractivity contribution is 0.0933. The smallest absolute Gasteiger partial charge is 0.270 e. The molecule has 0 aromatic heterocycles. The van der Waals surface area contributed by atoms with Crippen LogP contribution in [0.15, 0.2) is 53.0 Å². The van der Waals surface area contributed by atoms with Crippen molar-refractivity contribution in [1.82, 2.24) is 16.2 Å². The van der Waals surface area contributed by atoms with E-state index in [9.17, 15) is 9.59 Å². The van der Waals surface area contributed by atoms with E-state index in [1.54, 1.807) is 48.5 Å². The largest absolute Gasteiger partial charge is 0.493 e. The second-order valence-electron chi connectivity index (χ2n) is 4.77. The average molecular weight is 422 g/mol. The van der Waals surface area contributed by atoms with Gasteiger partial charge in [0.2, 0.25) is 0 Å². The van der Waals surface area contributed by atoms with Gasteiger partial charge in [0.1, 0.15) is 5.75 Å². The van der Waals surface area contributed by atoms with E-state index in [1.807, 2.05) is 6.92 Å². The lowest BCUT2D eigenvalue weighted by Crippen LogP contribution is -2.48. The minimum Gasteiger partial charge on any atom is -0.493 e. The van der Waals surface area contributed by atoms with Crippen LogP contribution in [-0.2, 0) is 0 Å². The molecule has 25 heavy (non-hydrogen) atoms. The van der Waals surface area contributed by atoms with Crippen LogP contribution in [0.4, 0.5) is 0 Å². The molecular formula is C17H16BrN3O3S. The van der Waals surface area contributed by atoms with Gasteiger partial charge in [0.15, 0.2) is 5.11 Å². The summed E-state index contributed by atoms with van der Waals surface area (Å²) in [6.45, 7) is 2.27. The lowest BCUT2D eigenvalue weighted by atomic mass is 10.2. The first-order chi connectivity index (χ1) is 12.0. The van der Waals surface area contributed by atoms with Crippen LogP contribution in [0, 0.1) is 0 Å². The second-order valence-corrected chi connectivity index (χ2v) is 6.03. The Kier molecular flexibility index (Phi) is 6.91. The van der Waals surface area contributed by atoms with Crippen LogP contribution in [0.5, 0.6) is 5.75 Å². The molecule has 3 N–H and O–H groups in total. The molecule has 0 aliphatic heterocycles. The van der Waals surface area contributed by atoms with E-state index in [1.165, 1.54) is 0 Å². The third-order valence-electron chi connectivity index (χ3n) is 3.07. The number of para-hydroxylation sites is 1. The summed E-state index contributed by atoms with van der Waals surface area (Å²) in [4.78, 5) is 24.3. The third-order valence-corrected chi connectivity index (χ3v) is 3.96. The molecule has 2 rings (SSSR count). The Labute approximate surface area is 159 Å². The summed E-state index contributed by atoms with van der Waals surface area (Å²) >= 11 is 8.32. The predicted molar refractivity (Wildman–Crippen MR) is 102 cm³/mol. The number of hydrogen-bond donors (Lipinski definition) is 3. The Hall–Kier alpha value is -2.45. The zero-order chi connectivity index (χ0) is 18.2. The normalized spacial score (nSPS) is 9.84.